The summed E-state index contributed by atoms with van der Waals surface area (Å²) in [7, 11) is 0. The number of rotatable bonds is 9. The predicted molar refractivity (Wildman–Crippen MR) is 85.1 cm³/mol. The third-order valence-corrected chi connectivity index (χ3v) is 3.24. The van der Waals surface area contributed by atoms with Gasteiger partial charge in [0.2, 0.25) is 0 Å². The van der Waals surface area contributed by atoms with Crippen molar-refractivity contribution in [2.75, 3.05) is 19.7 Å². The van der Waals surface area contributed by atoms with Crippen LogP contribution in [0.5, 0.6) is 0 Å². The maximum absolute atomic E-state index is 9.84. The standard InChI is InChI=1S/C18H23NO2/c20-18(15-21-14-17-9-5-2-6-10-17)13-19-12-11-16-7-3-1-4-8-16/h1-10,18-20H,11-15H2. The Morgan fingerprint density at radius 1 is 0.905 bits per heavy atom. The number of nitrogens with one attached hydrogen (secondary N) is 1. The number of hydrogen-bond donors (Lipinski definition) is 2. The van der Waals surface area contributed by atoms with Gasteiger partial charge in [-0.15, -0.1) is 0 Å². The van der Waals surface area contributed by atoms with Crippen molar-refractivity contribution < 1.29 is 9.84 Å². The average Bonchev–Trinajstić information content (AvgIpc) is 2.54. The van der Waals surface area contributed by atoms with E-state index in [4.69, 9.17) is 4.74 Å². The van der Waals surface area contributed by atoms with Crippen LogP contribution in [0.3, 0.4) is 0 Å². The molecule has 21 heavy (non-hydrogen) atoms. The molecule has 0 heterocycles. The molecule has 0 amide bonds. The van der Waals surface area contributed by atoms with Crippen LogP contribution in [0, 0.1) is 0 Å². The topological polar surface area (TPSA) is 41.5 Å². The Hall–Kier alpha value is -1.68. The van der Waals surface area contributed by atoms with E-state index in [0.29, 0.717) is 19.8 Å². The molecule has 1 unspecified atom stereocenters. The van der Waals surface area contributed by atoms with Gasteiger partial charge in [-0.2, -0.15) is 0 Å². The molecule has 2 N–H and O–H groups in total. The molecule has 0 aliphatic heterocycles. The first-order chi connectivity index (χ1) is 10.3. The van der Waals surface area contributed by atoms with Gasteiger partial charge >= 0.3 is 0 Å². The molecule has 0 aliphatic carbocycles. The Labute approximate surface area is 126 Å². The van der Waals surface area contributed by atoms with Crippen LogP contribution in [0.4, 0.5) is 0 Å². The SMILES string of the molecule is OC(CNCCc1ccccc1)COCc1ccccc1. The number of hydrogen-bond acceptors (Lipinski definition) is 3. The van der Waals surface area contributed by atoms with Crippen molar-refractivity contribution in [1.29, 1.82) is 0 Å². The zero-order valence-corrected chi connectivity index (χ0v) is 12.2. The fourth-order valence-corrected chi connectivity index (χ4v) is 2.09. The van der Waals surface area contributed by atoms with Crippen molar-refractivity contribution in [2.45, 2.75) is 19.1 Å². The molecule has 1 atom stereocenters. The van der Waals surface area contributed by atoms with E-state index in [-0.39, 0.29) is 0 Å². The summed E-state index contributed by atoms with van der Waals surface area (Å²) in [4.78, 5) is 0. The summed E-state index contributed by atoms with van der Waals surface area (Å²) in [5.41, 5.74) is 2.43. The quantitative estimate of drug-likeness (QED) is 0.695. The summed E-state index contributed by atoms with van der Waals surface area (Å²) in [5, 5.41) is 13.1. The summed E-state index contributed by atoms with van der Waals surface area (Å²) in [5.74, 6) is 0. The largest absolute Gasteiger partial charge is 0.389 e. The first-order valence-electron chi connectivity index (χ1n) is 7.39. The fourth-order valence-electron chi connectivity index (χ4n) is 2.09. The smallest absolute Gasteiger partial charge is 0.0897 e. The molecule has 2 rings (SSSR count). The molecule has 3 nitrogen and oxygen atoms in total. The van der Waals surface area contributed by atoms with E-state index in [2.05, 4.69) is 17.4 Å². The molecule has 0 saturated heterocycles. The van der Waals surface area contributed by atoms with Crippen LogP contribution in [0.2, 0.25) is 0 Å². The normalized spacial score (nSPS) is 12.2. The number of aliphatic hydroxyl groups excluding tert-OH is 1. The summed E-state index contributed by atoms with van der Waals surface area (Å²) in [6, 6.07) is 20.3. The Kier molecular flexibility index (Phi) is 6.95. The van der Waals surface area contributed by atoms with Gasteiger partial charge in [0.25, 0.3) is 0 Å². The third-order valence-electron chi connectivity index (χ3n) is 3.24. The van der Waals surface area contributed by atoms with Gasteiger partial charge in [-0.25, -0.2) is 0 Å². The highest BCUT2D eigenvalue weighted by atomic mass is 16.5. The molecule has 0 bridgehead atoms. The van der Waals surface area contributed by atoms with Crippen LogP contribution in [0.1, 0.15) is 11.1 Å². The molecular formula is C18H23NO2. The van der Waals surface area contributed by atoms with Gasteiger partial charge in [0.15, 0.2) is 0 Å². The van der Waals surface area contributed by atoms with E-state index in [1.54, 1.807) is 0 Å². The lowest BCUT2D eigenvalue weighted by molar-refractivity contribution is 0.0290. The Bertz CT molecular complexity index is 487. The molecule has 0 aromatic heterocycles. The van der Waals surface area contributed by atoms with Crippen LogP contribution in [0.25, 0.3) is 0 Å². The van der Waals surface area contributed by atoms with Crippen molar-refractivity contribution in [2.24, 2.45) is 0 Å². The van der Waals surface area contributed by atoms with Crippen LogP contribution in [-0.2, 0) is 17.8 Å². The molecule has 0 fully saturated rings. The second kappa shape index (κ2) is 9.29. The lowest BCUT2D eigenvalue weighted by Gasteiger charge is -2.12. The highest BCUT2D eigenvalue weighted by Gasteiger charge is 2.03. The molecule has 0 aliphatic rings. The second-order valence-corrected chi connectivity index (χ2v) is 5.09. The maximum Gasteiger partial charge on any atom is 0.0897 e. The van der Waals surface area contributed by atoms with Crippen molar-refractivity contribution in [3.63, 3.8) is 0 Å². The van der Waals surface area contributed by atoms with E-state index in [9.17, 15) is 5.11 Å². The lowest BCUT2D eigenvalue weighted by atomic mass is 10.1. The van der Waals surface area contributed by atoms with E-state index < -0.39 is 6.10 Å². The summed E-state index contributed by atoms with van der Waals surface area (Å²) in [6.45, 7) is 2.32. The minimum Gasteiger partial charge on any atom is -0.389 e. The Morgan fingerprint density at radius 2 is 1.52 bits per heavy atom. The number of ether oxygens (including phenoxy) is 1. The average molecular weight is 285 g/mol. The molecule has 2 aromatic carbocycles. The summed E-state index contributed by atoms with van der Waals surface area (Å²) >= 11 is 0. The first-order valence-corrected chi connectivity index (χ1v) is 7.39. The van der Waals surface area contributed by atoms with Gasteiger partial charge in [0.1, 0.15) is 0 Å². The van der Waals surface area contributed by atoms with Crippen LogP contribution >= 0.6 is 0 Å². The molecule has 2 aromatic rings. The first kappa shape index (κ1) is 15.7. The van der Waals surface area contributed by atoms with E-state index in [1.165, 1.54) is 5.56 Å². The van der Waals surface area contributed by atoms with E-state index in [1.807, 2.05) is 48.5 Å². The third kappa shape index (κ3) is 6.54. The fraction of sp³-hybridized carbons (Fsp3) is 0.333. The Morgan fingerprint density at radius 3 is 2.19 bits per heavy atom. The van der Waals surface area contributed by atoms with E-state index in [0.717, 1.165) is 18.5 Å². The summed E-state index contributed by atoms with van der Waals surface area (Å²) in [6.07, 6.45) is 0.503. The summed E-state index contributed by atoms with van der Waals surface area (Å²) < 4.78 is 5.51. The monoisotopic (exact) mass is 285 g/mol. The van der Waals surface area contributed by atoms with Gasteiger partial charge in [0, 0.05) is 6.54 Å². The number of aliphatic hydroxyl groups is 1. The maximum atomic E-state index is 9.84. The van der Waals surface area contributed by atoms with Gasteiger partial charge in [0.05, 0.1) is 19.3 Å². The molecule has 3 heteroatoms. The van der Waals surface area contributed by atoms with E-state index >= 15 is 0 Å². The molecule has 0 saturated carbocycles. The van der Waals surface area contributed by atoms with Crippen molar-refractivity contribution >= 4 is 0 Å². The van der Waals surface area contributed by atoms with Gasteiger partial charge in [-0.3, -0.25) is 0 Å². The molecule has 0 radical (unpaired) electrons. The van der Waals surface area contributed by atoms with Crippen LogP contribution in [0.15, 0.2) is 60.7 Å². The zero-order chi connectivity index (χ0) is 14.8. The molecular weight excluding hydrogens is 262 g/mol. The van der Waals surface area contributed by atoms with Gasteiger partial charge < -0.3 is 15.2 Å². The van der Waals surface area contributed by atoms with Crippen LogP contribution < -0.4 is 5.32 Å². The highest BCUT2D eigenvalue weighted by molar-refractivity contribution is 5.15. The van der Waals surface area contributed by atoms with Gasteiger partial charge in [-0.05, 0) is 24.1 Å². The number of benzene rings is 2. The minimum absolute atomic E-state index is 0.354. The Balaban J connectivity index is 1.52. The van der Waals surface area contributed by atoms with Crippen LogP contribution in [-0.4, -0.2) is 30.9 Å². The van der Waals surface area contributed by atoms with Gasteiger partial charge in [-0.1, -0.05) is 60.7 Å². The highest BCUT2D eigenvalue weighted by Crippen LogP contribution is 2.01. The molecule has 0 spiro atoms. The minimum atomic E-state index is -0.468. The predicted octanol–water partition coefficient (Wildman–Crippen LogP) is 2.40. The van der Waals surface area contributed by atoms with Crippen molar-refractivity contribution in [1.82, 2.24) is 5.32 Å². The van der Waals surface area contributed by atoms with Crippen molar-refractivity contribution in [3.8, 4) is 0 Å². The lowest BCUT2D eigenvalue weighted by Crippen LogP contribution is -2.31. The zero-order valence-electron chi connectivity index (χ0n) is 12.2. The second-order valence-electron chi connectivity index (χ2n) is 5.09. The van der Waals surface area contributed by atoms with Crippen molar-refractivity contribution in [3.05, 3.63) is 71.8 Å². The molecule has 112 valence electrons.